The van der Waals surface area contributed by atoms with E-state index in [1.807, 2.05) is 6.07 Å². The van der Waals surface area contributed by atoms with Crippen LogP contribution < -0.4 is 10.3 Å². The Bertz CT molecular complexity index is 961. The Labute approximate surface area is 144 Å². The van der Waals surface area contributed by atoms with Crippen LogP contribution in [0.1, 0.15) is 6.92 Å². The average molecular weight is 338 g/mol. The number of rotatable bonds is 5. The number of nitrogens with zero attached hydrogens (tertiary/aromatic N) is 2. The third kappa shape index (κ3) is 3.38. The number of ether oxygens (including phenoxy) is 2. The number of aromatic nitrogens is 2. The van der Waals surface area contributed by atoms with Crippen molar-refractivity contribution >= 4 is 16.9 Å². The average Bonchev–Trinajstić information content (AvgIpc) is 2.64. The van der Waals surface area contributed by atoms with Gasteiger partial charge in [-0.05, 0) is 43.3 Å². The summed E-state index contributed by atoms with van der Waals surface area (Å²) in [4.78, 5) is 29.4. The number of hydrogen-bond acceptors (Lipinski definition) is 5. The molecule has 0 aliphatic rings. The largest absolute Gasteiger partial charge is 0.497 e. The Hall–Kier alpha value is -3.15. The van der Waals surface area contributed by atoms with Crippen LogP contribution in [-0.4, -0.2) is 29.2 Å². The molecule has 128 valence electrons. The topological polar surface area (TPSA) is 70.4 Å². The van der Waals surface area contributed by atoms with Crippen LogP contribution >= 0.6 is 0 Å². The molecule has 0 atom stereocenters. The summed E-state index contributed by atoms with van der Waals surface area (Å²) in [5.74, 6) is 0.639. The van der Waals surface area contributed by atoms with Crippen molar-refractivity contribution in [3.8, 4) is 17.1 Å². The summed E-state index contributed by atoms with van der Waals surface area (Å²) in [6.45, 7) is 1.79. The summed E-state index contributed by atoms with van der Waals surface area (Å²) in [6.07, 6.45) is 0. The molecule has 1 heterocycles. The third-order valence-electron chi connectivity index (χ3n) is 3.80. The van der Waals surface area contributed by atoms with Crippen molar-refractivity contribution in [3.05, 3.63) is 58.9 Å². The molecule has 0 radical (unpaired) electrons. The molecule has 3 aromatic rings. The van der Waals surface area contributed by atoms with Crippen molar-refractivity contribution in [2.45, 2.75) is 13.5 Å². The number of fused-ring (bicyclic) bond motifs is 1. The predicted octanol–water partition coefficient (Wildman–Crippen LogP) is 2.64. The minimum Gasteiger partial charge on any atom is -0.497 e. The summed E-state index contributed by atoms with van der Waals surface area (Å²) < 4.78 is 11.5. The van der Waals surface area contributed by atoms with Crippen molar-refractivity contribution in [1.82, 2.24) is 9.55 Å². The first-order chi connectivity index (χ1) is 12.1. The molecule has 1 aromatic heterocycles. The molecule has 6 nitrogen and oxygen atoms in total. The Morgan fingerprint density at radius 2 is 1.84 bits per heavy atom. The highest BCUT2D eigenvalue weighted by atomic mass is 16.5. The molecular formula is C19H18N2O4. The number of benzene rings is 2. The highest BCUT2D eigenvalue weighted by molar-refractivity contribution is 5.80. The van der Waals surface area contributed by atoms with E-state index in [1.165, 1.54) is 4.57 Å². The van der Waals surface area contributed by atoms with E-state index >= 15 is 0 Å². The number of hydrogen-bond donors (Lipinski definition) is 0. The standard InChI is InChI=1S/C19H18N2O4/c1-3-25-17(22)12-21-18(13-8-10-14(24-2)11-9-13)20-16-7-5-4-6-15(16)19(21)23/h4-11H,3,12H2,1-2H3. The molecule has 2 aromatic carbocycles. The van der Waals surface area contributed by atoms with Gasteiger partial charge in [0.05, 0.1) is 24.6 Å². The minimum atomic E-state index is -0.476. The Morgan fingerprint density at radius 1 is 1.12 bits per heavy atom. The van der Waals surface area contributed by atoms with Gasteiger partial charge in [0.15, 0.2) is 0 Å². The second-order valence-corrected chi connectivity index (χ2v) is 5.38. The zero-order valence-corrected chi connectivity index (χ0v) is 14.1. The first-order valence-electron chi connectivity index (χ1n) is 7.93. The fourth-order valence-electron chi connectivity index (χ4n) is 2.61. The molecule has 0 bridgehead atoms. The third-order valence-corrected chi connectivity index (χ3v) is 3.80. The monoisotopic (exact) mass is 338 g/mol. The molecule has 0 saturated heterocycles. The van der Waals surface area contributed by atoms with E-state index < -0.39 is 5.97 Å². The van der Waals surface area contributed by atoms with Gasteiger partial charge in [-0.3, -0.25) is 14.2 Å². The summed E-state index contributed by atoms with van der Waals surface area (Å²) in [6, 6.07) is 14.2. The van der Waals surface area contributed by atoms with Crippen LogP contribution in [-0.2, 0) is 16.1 Å². The maximum absolute atomic E-state index is 12.9. The molecule has 0 saturated carbocycles. The van der Waals surface area contributed by atoms with Crippen LogP contribution in [0, 0.1) is 0 Å². The maximum Gasteiger partial charge on any atom is 0.326 e. The first kappa shape index (κ1) is 16.7. The van der Waals surface area contributed by atoms with Gasteiger partial charge in [0, 0.05) is 5.56 Å². The lowest BCUT2D eigenvalue weighted by molar-refractivity contribution is -0.143. The van der Waals surface area contributed by atoms with Gasteiger partial charge in [0.1, 0.15) is 18.1 Å². The quantitative estimate of drug-likeness (QED) is 0.669. The van der Waals surface area contributed by atoms with E-state index in [2.05, 4.69) is 4.98 Å². The molecule has 0 fully saturated rings. The zero-order valence-electron chi connectivity index (χ0n) is 14.1. The summed E-state index contributed by atoms with van der Waals surface area (Å²) in [5, 5.41) is 0.462. The lowest BCUT2D eigenvalue weighted by atomic mass is 10.1. The van der Waals surface area contributed by atoms with Gasteiger partial charge in [-0.15, -0.1) is 0 Å². The van der Waals surface area contributed by atoms with E-state index in [9.17, 15) is 9.59 Å². The van der Waals surface area contributed by atoms with Crippen molar-refractivity contribution in [3.63, 3.8) is 0 Å². The first-order valence-corrected chi connectivity index (χ1v) is 7.93. The molecule has 3 rings (SSSR count). The molecule has 0 N–H and O–H groups in total. The van der Waals surface area contributed by atoms with E-state index in [0.29, 0.717) is 28.0 Å². The predicted molar refractivity (Wildman–Crippen MR) is 94.6 cm³/mol. The van der Waals surface area contributed by atoms with Crippen LogP contribution in [0.25, 0.3) is 22.3 Å². The highest BCUT2D eigenvalue weighted by Gasteiger charge is 2.16. The minimum absolute atomic E-state index is 0.189. The van der Waals surface area contributed by atoms with Crippen LogP contribution in [0.4, 0.5) is 0 Å². The van der Waals surface area contributed by atoms with E-state index in [-0.39, 0.29) is 18.7 Å². The highest BCUT2D eigenvalue weighted by Crippen LogP contribution is 2.22. The van der Waals surface area contributed by atoms with Crippen LogP contribution in [0.2, 0.25) is 0 Å². The van der Waals surface area contributed by atoms with Crippen molar-refractivity contribution in [1.29, 1.82) is 0 Å². The van der Waals surface area contributed by atoms with Gasteiger partial charge in [-0.25, -0.2) is 4.98 Å². The molecular weight excluding hydrogens is 320 g/mol. The summed E-state index contributed by atoms with van der Waals surface area (Å²) in [5.41, 5.74) is 1.02. The Kier molecular flexibility index (Phi) is 4.79. The van der Waals surface area contributed by atoms with E-state index in [1.54, 1.807) is 56.5 Å². The van der Waals surface area contributed by atoms with Crippen LogP contribution in [0.5, 0.6) is 5.75 Å². The molecule has 6 heteroatoms. The van der Waals surface area contributed by atoms with Gasteiger partial charge in [0.2, 0.25) is 0 Å². The van der Waals surface area contributed by atoms with Gasteiger partial charge >= 0.3 is 5.97 Å². The SMILES string of the molecule is CCOC(=O)Cn1c(-c2ccc(OC)cc2)nc2ccccc2c1=O. The number of methoxy groups -OCH3 is 1. The van der Waals surface area contributed by atoms with Gasteiger partial charge in [-0.2, -0.15) is 0 Å². The van der Waals surface area contributed by atoms with E-state index in [4.69, 9.17) is 9.47 Å². The normalized spacial score (nSPS) is 10.6. The Balaban J connectivity index is 2.19. The Morgan fingerprint density at radius 3 is 2.52 bits per heavy atom. The molecule has 0 aliphatic carbocycles. The van der Waals surface area contributed by atoms with Crippen molar-refractivity contribution < 1.29 is 14.3 Å². The zero-order chi connectivity index (χ0) is 17.8. The van der Waals surface area contributed by atoms with Crippen molar-refractivity contribution in [2.75, 3.05) is 13.7 Å². The van der Waals surface area contributed by atoms with Gasteiger partial charge in [-0.1, -0.05) is 12.1 Å². The van der Waals surface area contributed by atoms with E-state index in [0.717, 1.165) is 0 Å². The number of esters is 1. The molecule has 0 unspecified atom stereocenters. The van der Waals surface area contributed by atoms with Crippen LogP contribution in [0.3, 0.4) is 0 Å². The fraction of sp³-hybridized carbons (Fsp3) is 0.211. The fourth-order valence-corrected chi connectivity index (χ4v) is 2.61. The number of para-hydroxylation sites is 1. The second kappa shape index (κ2) is 7.17. The summed E-state index contributed by atoms with van der Waals surface area (Å²) >= 11 is 0. The van der Waals surface area contributed by atoms with Gasteiger partial charge in [0.25, 0.3) is 5.56 Å². The number of carbonyl (C=O) groups is 1. The molecule has 0 amide bonds. The second-order valence-electron chi connectivity index (χ2n) is 5.38. The smallest absolute Gasteiger partial charge is 0.326 e. The summed E-state index contributed by atoms with van der Waals surface area (Å²) in [7, 11) is 1.58. The van der Waals surface area contributed by atoms with Crippen molar-refractivity contribution in [2.24, 2.45) is 0 Å². The molecule has 0 spiro atoms. The lowest BCUT2D eigenvalue weighted by Gasteiger charge is -2.13. The maximum atomic E-state index is 12.9. The van der Waals surface area contributed by atoms with Gasteiger partial charge < -0.3 is 9.47 Å². The molecule has 0 aliphatic heterocycles. The lowest BCUT2D eigenvalue weighted by Crippen LogP contribution is -2.28. The van der Waals surface area contributed by atoms with Crippen LogP contribution in [0.15, 0.2) is 53.3 Å². The molecule has 25 heavy (non-hydrogen) atoms. The number of carbonyl (C=O) groups excluding carboxylic acids is 1.